The van der Waals surface area contributed by atoms with E-state index in [0.29, 0.717) is 0 Å². The lowest BCUT2D eigenvalue weighted by atomic mass is 10.0. The lowest BCUT2D eigenvalue weighted by Crippen LogP contribution is -2.21. The zero-order chi connectivity index (χ0) is 27.5. The minimum absolute atomic E-state index is 0.841. The monoisotopic (exact) mass is 531 g/mol. The van der Waals surface area contributed by atoms with Gasteiger partial charge in [-0.15, -0.1) is 0 Å². The average Bonchev–Trinajstić information content (AvgIpc) is 3.70. The number of aryl methyl sites for hydroxylation is 1. The number of anilines is 1. The molecule has 0 aliphatic carbocycles. The van der Waals surface area contributed by atoms with E-state index in [0.717, 1.165) is 34.8 Å². The number of aromatic nitrogens is 3. The van der Waals surface area contributed by atoms with E-state index in [1.165, 1.54) is 38.6 Å². The van der Waals surface area contributed by atoms with Crippen molar-refractivity contribution in [1.82, 2.24) is 19.0 Å². The highest BCUT2D eigenvalue weighted by atomic mass is 15.3. The van der Waals surface area contributed by atoms with Gasteiger partial charge in [0.2, 0.25) is 0 Å². The molecule has 198 valence electrons. The van der Waals surface area contributed by atoms with Crippen LogP contribution in [-0.2, 0) is 7.05 Å². The van der Waals surface area contributed by atoms with Crippen LogP contribution in [0.3, 0.4) is 0 Å². The summed E-state index contributed by atoms with van der Waals surface area (Å²) in [6, 6.07) is 41.4. The molecule has 0 saturated carbocycles. The van der Waals surface area contributed by atoms with Gasteiger partial charge in [-0.05, 0) is 59.7 Å². The number of rotatable bonds is 4. The molecule has 0 bridgehead atoms. The largest absolute Gasteiger partial charge is 0.361 e. The Kier molecular flexibility index (Phi) is 5.25. The number of benzene rings is 5. The van der Waals surface area contributed by atoms with Gasteiger partial charge in [-0.25, -0.2) is 4.98 Å². The summed E-state index contributed by atoms with van der Waals surface area (Å²) >= 11 is 0. The van der Waals surface area contributed by atoms with Crippen LogP contribution in [0.15, 0.2) is 128 Å². The average molecular weight is 532 g/mol. The molecule has 0 N–H and O–H groups in total. The summed E-state index contributed by atoms with van der Waals surface area (Å²) in [5.74, 6) is 0.967. The van der Waals surface area contributed by atoms with Gasteiger partial charge in [-0.2, -0.15) is 0 Å². The Morgan fingerprint density at radius 3 is 2.20 bits per heavy atom. The Morgan fingerprint density at radius 1 is 0.561 bits per heavy atom. The molecule has 0 radical (unpaired) electrons. The number of hydrogen-bond donors (Lipinski definition) is 0. The molecule has 3 heterocycles. The van der Waals surface area contributed by atoms with Crippen molar-refractivity contribution in [2.45, 2.75) is 0 Å². The summed E-state index contributed by atoms with van der Waals surface area (Å²) in [6.45, 7) is 0.841. The van der Waals surface area contributed by atoms with Crippen molar-refractivity contribution in [2.75, 3.05) is 18.6 Å². The molecule has 1 aliphatic rings. The molecule has 8 rings (SSSR count). The summed E-state index contributed by atoms with van der Waals surface area (Å²) in [4.78, 5) is 9.46. The molecule has 0 amide bonds. The van der Waals surface area contributed by atoms with Crippen molar-refractivity contribution >= 4 is 38.5 Å². The van der Waals surface area contributed by atoms with Gasteiger partial charge in [0.15, 0.2) is 0 Å². The van der Waals surface area contributed by atoms with Crippen LogP contribution < -0.4 is 4.90 Å². The molecular weight excluding hydrogens is 502 g/mol. The molecule has 0 spiro atoms. The van der Waals surface area contributed by atoms with Gasteiger partial charge in [0, 0.05) is 54.2 Å². The van der Waals surface area contributed by atoms with Crippen molar-refractivity contribution in [3.63, 3.8) is 0 Å². The fourth-order valence-electron chi connectivity index (χ4n) is 6.16. The maximum absolute atomic E-state index is 5.01. The van der Waals surface area contributed by atoms with Gasteiger partial charge in [-0.1, -0.05) is 66.7 Å². The predicted molar refractivity (Wildman–Crippen MR) is 170 cm³/mol. The van der Waals surface area contributed by atoms with Crippen molar-refractivity contribution in [3.8, 4) is 28.2 Å². The second-order valence-electron chi connectivity index (χ2n) is 10.8. The molecule has 7 aromatic rings. The van der Waals surface area contributed by atoms with Gasteiger partial charge in [0.05, 0.1) is 28.7 Å². The Balaban J connectivity index is 1.37. The smallest absolute Gasteiger partial charge is 0.140 e. The summed E-state index contributed by atoms with van der Waals surface area (Å²) < 4.78 is 4.59. The van der Waals surface area contributed by atoms with Crippen LogP contribution in [0.4, 0.5) is 5.69 Å². The van der Waals surface area contributed by atoms with E-state index in [1.807, 2.05) is 6.07 Å². The highest BCUT2D eigenvalue weighted by Crippen LogP contribution is 2.38. The second kappa shape index (κ2) is 9.14. The van der Waals surface area contributed by atoms with Crippen LogP contribution in [-0.4, -0.2) is 32.7 Å². The Hall–Kier alpha value is -5.29. The van der Waals surface area contributed by atoms with E-state index in [4.69, 9.17) is 4.98 Å². The summed E-state index contributed by atoms with van der Waals surface area (Å²) in [5.41, 5.74) is 10.3. The van der Waals surface area contributed by atoms with Crippen LogP contribution >= 0.6 is 0 Å². The topological polar surface area (TPSA) is 29.2 Å². The van der Waals surface area contributed by atoms with Crippen LogP contribution in [0, 0.1) is 0 Å². The third-order valence-electron chi connectivity index (χ3n) is 8.21. The van der Waals surface area contributed by atoms with Gasteiger partial charge in [0.25, 0.3) is 0 Å². The lowest BCUT2D eigenvalue weighted by molar-refractivity contribution is 0.496. The number of fused-ring (bicyclic) bond motifs is 4. The van der Waals surface area contributed by atoms with E-state index < -0.39 is 0 Å². The third kappa shape index (κ3) is 3.81. The fraction of sp³-hybridized carbons (Fsp3) is 0.0833. The summed E-state index contributed by atoms with van der Waals surface area (Å²) in [7, 11) is 4.20. The summed E-state index contributed by atoms with van der Waals surface area (Å²) in [5, 5.41) is 2.47. The first-order chi connectivity index (χ1) is 20.1. The number of para-hydroxylation sites is 2. The molecule has 1 aliphatic heterocycles. The first-order valence-corrected chi connectivity index (χ1v) is 14.0. The normalized spacial score (nSPS) is 13.3. The maximum Gasteiger partial charge on any atom is 0.140 e. The standard InChI is InChI=1S/C36H29N5/c1-38-19-20-40(24-38)28-11-8-12-29(23-28)41-33-18-16-26(25-9-4-3-5-10-25)21-31(33)30-17-15-27(22-35(30)41)36-37-32-13-6-7-14-34(32)39(36)2/h3-23H,24H2,1-2H3. The van der Waals surface area contributed by atoms with Gasteiger partial charge >= 0.3 is 0 Å². The SMILES string of the molecule is CN1C=CN(c2cccc(-n3c4ccc(-c5ccccc5)cc4c4ccc(-c5nc6ccccc6n5C)cc43)c2)C1. The van der Waals surface area contributed by atoms with E-state index in [9.17, 15) is 0 Å². The van der Waals surface area contributed by atoms with Crippen LogP contribution in [0.1, 0.15) is 0 Å². The number of imidazole rings is 1. The fourth-order valence-corrected chi connectivity index (χ4v) is 6.16. The molecule has 0 unspecified atom stereocenters. The van der Waals surface area contributed by atoms with Crippen LogP contribution in [0.5, 0.6) is 0 Å². The highest BCUT2D eigenvalue weighted by molar-refractivity contribution is 6.11. The molecular formula is C36H29N5. The first-order valence-electron chi connectivity index (χ1n) is 14.0. The number of nitrogens with zero attached hydrogens (tertiary/aromatic N) is 5. The Bertz CT molecular complexity index is 2120. The zero-order valence-corrected chi connectivity index (χ0v) is 23.1. The van der Waals surface area contributed by atoms with Gasteiger partial charge < -0.3 is 18.9 Å². The molecule has 5 aromatic carbocycles. The first kappa shape index (κ1) is 23.6. The molecule has 0 fully saturated rings. The third-order valence-corrected chi connectivity index (χ3v) is 8.21. The molecule has 41 heavy (non-hydrogen) atoms. The van der Waals surface area contributed by atoms with Crippen molar-refractivity contribution in [1.29, 1.82) is 0 Å². The van der Waals surface area contributed by atoms with E-state index in [-0.39, 0.29) is 0 Å². The Labute approximate surface area is 238 Å². The minimum atomic E-state index is 0.841. The highest BCUT2D eigenvalue weighted by Gasteiger charge is 2.18. The summed E-state index contributed by atoms with van der Waals surface area (Å²) in [6.07, 6.45) is 4.25. The molecule has 2 aromatic heterocycles. The van der Waals surface area contributed by atoms with Crippen LogP contribution in [0.25, 0.3) is 61.0 Å². The lowest BCUT2D eigenvalue weighted by Gasteiger charge is -2.19. The van der Waals surface area contributed by atoms with E-state index >= 15 is 0 Å². The van der Waals surface area contributed by atoms with Crippen LogP contribution in [0.2, 0.25) is 0 Å². The maximum atomic E-state index is 5.01. The Morgan fingerprint density at radius 2 is 1.37 bits per heavy atom. The van der Waals surface area contributed by atoms with Crippen molar-refractivity contribution < 1.29 is 0 Å². The molecule has 0 atom stereocenters. The molecule has 5 nitrogen and oxygen atoms in total. The molecule has 5 heteroatoms. The number of hydrogen-bond acceptors (Lipinski definition) is 3. The zero-order valence-electron chi connectivity index (χ0n) is 23.1. The molecule has 0 saturated heterocycles. The van der Waals surface area contributed by atoms with E-state index in [1.54, 1.807) is 0 Å². The van der Waals surface area contributed by atoms with Crippen molar-refractivity contribution in [3.05, 3.63) is 128 Å². The van der Waals surface area contributed by atoms with Crippen molar-refractivity contribution in [2.24, 2.45) is 7.05 Å². The quantitative estimate of drug-likeness (QED) is 0.229. The van der Waals surface area contributed by atoms with Gasteiger partial charge in [-0.3, -0.25) is 0 Å². The second-order valence-corrected chi connectivity index (χ2v) is 10.8. The predicted octanol–water partition coefficient (Wildman–Crippen LogP) is 8.18. The van der Waals surface area contributed by atoms with Gasteiger partial charge in [0.1, 0.15) is 5.82 Å². The van der Waals surface area contributed by atoms with E-state index in [2.05, 4.69) is 155 Å². The minimum Gasteiger partial charge on any atom is -0.361 e.